The topological polar surface area (TPSA) is 99.9 Å². The smallest absolute Gasteiger partial charge is 0.336 e. The van der Waals surface area contributed by atoms with Gasteiger partial charge in [0.2, 0.25) is 11.8 Å². The molecule has 0 aliphatic heterocycles. The molecular formula is C23H31N3O5. The molecule has 2 amide bonds. The minimum absolute atomic E-state index is 0.0669. The van der Waals surface area contributed by atoms with Crippen molar-refractivity contribution in [2.45, 2.75) is 39.7 Å². The molecule has 1 aromatic heterocycles. The van der Waals surface area contributed by atoms with Crippen LogP contribution in [-0.2, 0) is 20.8 Å². The highest BCUT2D eigenvalue weighted by Crippen LogP contribution is 2.23. The summed E-state index contributed by atoms with van der Waals surface area (Å²) in [5.41, 5.74) is 1.25. The standard InChI is InChI=1S/C23H31N3O5/c1-14(2)9-19(15(3)27)26(6)22(29)13-24-21(28)10-16-11-23(30)31-20-12-17(25(4)5)7-8-18(16)20/h7-8,11-12,14,19H,9-10,13H2,1-6H3,(H,24,28)/t19-/m1/s1. The van der Waals surface area contributed by atoms with Gasteiger partial charge in [0, 0.05) is 44.3 Å². The van der Waals surface area contributed by atoms with Crippen LogP contribution >= 0.6 is 0 Å². The Balaban J connectivity index is 2.09. The van der Waals surface area contributed by atoms with Gasteiger partial charge in [0.1, 0.15) is 5.58 Å². The summed E-state index contributed by atoms with van der Waals surface area (Å²) in [5, 5.41) is 3.25. The van der Waals surface area contributed by atoms with Crippen LogP contribution in [0.2, 0.25) is 0 Å². The number of Topliss-reactive ketones (excluding diaryl/α,β-unsaturated/α-hetero) is 1. The fourth-order valence-electron chi connectivity index (χ4n) is 3.39. The summed E-state index contributed by atoms with van der Waals surface area (Å²) in [7, 11) is 5.33. The number of hydrogen-bond donors (Lipinski definition) is 1. The molecule has 0 fully saturated rings. The fourth-order valence-corrected chi connectivity index (χ4v) is 3.39. The van der Waals surface area contributed by atoms with Gasteiger partial charge in [-0.1, -0.05) is 13.8 Å². The molecule has 0 saturated carbocycles. The van der Waals surface area contributed by atoms with E-state index >= 15 is 0 Å². The highest BCUT2D eigenvalue weighted by atomic mass is 16.4. The van der Waals surface area contributed by atoms with E-state index in [4.69, 9.17) is 4.42 Å². The highest BCUT2D eigenvalue weighted by Gasteiger charge is 2.25. The third-order valence-corrected chi connectivity index (χ3v) is 5.14. The average molecular weight is 430 g/mol. The normalized spacial score (nSPS) is 12.0. The molecule has 2 aromatic rings. The summed E-state index contributed by atoms with van der Waals surface area (Å²) >= 11 is 0. The van der Waals surface area contributed by atoms with E-state index in [-0.39, 0.29) is 30.6 Å². The first-order valence-electron chi connectivity index (χ1n) is 10.3. The molecule has 0 aliphatic rings. The van der Waals surface area contributed by atoms with Crippen molar-refractivity contribution in [2.75, 3.05) is 32.6 Å². The molecule has 2 rings (SSSR count). The van der Waals surface area contributed by atoms with Crippen molar-refractivity contribution in [3.8, 4) is 0 Å². The Morgan fingerprint density at radius 2 is 1.77 bits per heavy atom. The first-order valence-corrected chi connectivity index (χ1v) is 10.3. The second kappa shape index (κ2) is 10.2. The zero-order valence-corrected chi connectivity index (χ0v) is 19.0. The van der Waals surface area contributed by atoms with Crippen LogP contribution in [0.5, 0.6) is 0 Å². The summed E-state index contributed by atoms with van der Waals surface area (Å²) in [4.78, 5) is 52.1. The summed E-state index contributed by atoms with van der Waals surface area (Å²) < 4.78 is 5.28. The predicted octanol–water partition coefficient (Wildman–Crippen LogP) is 1.98. The summed E-state index contributed by atoms with van der Waals surface area (Å²) in [6.07, 6.45) is 0.495. The number of carbonyl (C=O) groups excluding carboxylic acids is 3. The maximum absolute atomic E-state index is 12.5. The van der Waals surface area contributed by atoms with Crippen LogP contribution in [-0.4, -0.2) is 56.2 Å². The number of likely N-dealkylation sites (N-methyl/N-ethyl adjacent to an activating group) is 1. The van der Waals surface area contributed by atoms with Crippen LogP contribution < -0.4 is 15.8 Å². The van der Waals surface area contributed by atoms with Crippen molar-refractivity contribution >= 4 is 34.3 Å². The Bertz CT molecular complexity index is 1030. The lowest BCUT2D eigenvalue weighted by atomic mass is 10.00. The predicted molar refractivity (Wildman–Crippen MR) is 120 cm³/mol. The Kier molecular flexibility index (Phi) is 7.96. The van der Waals surface area contributed by atoms with Gasteiger partial charge in [-0.2, -0.15) is 0 Å². The van der Waals surface area contributed by atoms with Gasteiger partial charge < -0.3 is 19.5 Å². The Morgan fingerprint density at radius 1 is 1.10 bits per heavy atom. The lowest BCUT2D eigenvalue weighted by Crippen LogP contribution is -2.46. The molecule has 0 spiro atoms. The molecule has 0 saturated heterocycles. The maximum atomic E-state index is 12.5. The SMILES string of the molecule is CC(=O)[C@@H](CC(C)C)N(C)C(=O)CNC(=O)Cc1cc(=O)oc2cc(N(C)C)ccc12. The van der Waals surface area contributed by atoms with E-state index in [0.717, 1.165) is 5.69 Å². The van der Waals surface area contributed by atoms with Crippen LogP contribution in [0.4, 0.5) is 5.69 Å². The third kappa shape index (κ3) is 6.41. The number of amides is 2. The Labute approximate surface area is 182 Å². The van der Waals surface area contributed by atoms with Gasteiger partial charge in [-0.05, 0) is 37.0 Å². The van der Waals surface area contributed by atoms with E-state index in [2.05, 4.69) is 5.32 Å². The van der Waals surface area contributed by atoms with Crippen LogP contribution in [0.3, 0.4) is 0 Å². The lowest BCUT2D eigenvalue weighted by Gasteiger charge is -2.27. The van der Waals surface area contributed by atoms with E-state index in [1.165, 1.54) is 17.9 Å². The molecule has 1 atom stereocenters. The van der Waals surface area contributed by atoms with Crippen LogP contribution in [0, 0.1) is 5.92 Å². The fraction of sp³-hybridized carbons (Fsp3) is 0.478. The van der Waals surface area contributed by atoms with E-state index < -0.39 is 17.6 Å². The molecule has 0 aliphatic carbocycles. The Hall–Kier alpha value is -3.16. The van der Waals surface area contributed by atoms with E-state index in [0.29, 0.717) is 23.0 Å². The highest BCUT2D eigenvalue weighted by molar-refractivity contribution is 5.92. The first-order chi connectivity index (χ1) is 14.5. The van der Waals surface area contributed by atoms with Crippen molar-refractivity contribution in [3.63, 3.8) is 0 Å². The molecule has 1 heterocycles. The summed E-state index contributed by atoms with van der Waals surface area (Å²) in [5.74, 6) is -0.573. The number of anilines is 1. The van der Waals surface area contributed by atoms with E-state index in [1.54, 1.807) is 19.2 Å². The van der Waals surface area contributed by atoms with Gasteiger partial charge in [0.25, 0.3) is 0 Å². The lowest BCUT2D eigenvalue weighted by molar-refractivity contribution is -0.138. The quantitative estimate of drug-likeness (QED) is 0.612. The number of hydrogen-bond acceptors (Lipinski definition) is 6. The van der Waals surface area contributed by atoms with Gasteiger partial charge >= 0.3 is 5.63 Å². The molecule has 31 heavy (non-hydrogen) atoms. The molecule has 8 heteroatoms. The van der Waals surface area contributed by atoms with Crippen molar-refractivity contribution in [3.05, 3.63) is 40.2 Å². The van der Waals surface area contributed by atoms with Gasteiger partial charge in [0.15, 0.2) is 5.78 Å². The third-order valence-electron chi connectivity index (χ3n) is 5.14. The summed E-state index contributed by atoms with van der Waals surface area (Å²) in [6, 6.07) is 6.20. The van der Waals surface area contributed by atoms with E-state index in [1.807, 2.05) is 38.9 Å². The second-order valence-corrected chi connectivity index (χ2v) is 8.38. The molecular weight excluding hydrogens is 398 g/mol. The number of nitrogens with zero attached hydrogens (tertiary/aromatic N) is 2. The Morgan fingerprint density at radius 3 is 2.35 bits per heavy atom. The summed E-state index contributed by atoms with van der Waals surface area (Å²) in [6.45, 7) is 5.21. The largest absolute Gasteiger partial charge is 0.423 e. The zero-order chi connectivity index (χ0) is 23.3. The van der Waals surface area contributed by atoms with Crippen LogP contribution in [0.25, 0.3) is 11.0 Å². The molecule has 8 nitrogen and oxygen atoms in total. The number of nitrogens with one attached hydrogen (secondary N) is 1. The molecule has 0 unspecified atom stereocenters. The van der Waals surface area contributed by atoms with Gasteiger partial charge in [0.05, 0.1) is 19.0 Å². The van der Waals surface area contributed by atoms with Crippen LogP contribution in [0.15, 0.2) is 33.5 Å². The van der Waals surface area contributed by atoms with Crippen molar-refractivity contribution in [1.29, 1.82) is 0 Å². The van der Waals surface area contributed by atoms with Crippen LogP contribution in [0.1, 0.15) is 32.8 Å². The van der Waals surface area contributed by atoms with Crippen molar-refractivity contribution in [1.82, 2.24) is 10.2 Å². The first kappa shape index (κ1) is 24.1. The number of rotatable bonds is 9. The monoisotopic (exact) mass is 429 g/mol. The number of benzene rings is 1. The second-order valence-electron chi connectivity index (χ2n) is 8.38. The number of fused-ring (bicyclic) bond motifs is 1. The maximum Gasteiger partial charge on any atom is 0.336 e. The molecule has 0 radical (unpaired) electrons. The molecule has 168 valence electrons. The molecule has 1 N–H and O–H groups in total. The van der Waals surface area contributed by atoms with Gasteiger partial charge in [-0.15, -0.1) is 0 Å². The van der Waals surface area contributed by atoms with E-state index in [9.17, 15) is 19.2 Å². The molecule has 0 bridgehead atoms. The molecule has 1 aromatic carbocycles. The van der Waals surface area contributed by atoms with Crippen molar-refractivity contribution in [2.24, 2.45) is 5.92 Å². The van der Waals surface area contributed by atoms with Gasteiger partial charge in [-0.3, -0.25) is 14.4 Å². The minimum Gasteiger partial charge on any atom is -0.423 e. The number of ketones is 1. The average Bonchev–Trinajstić information content (AvgIpc) is 2.68. The van der Waals surface area contributed by atoms with Gasteiger partial charge in [-0.25, -0.2) is 4.79 Å². The zero-order valence-electron chi connectivity index (χ0n) is 19.0. The number of carbonyl (C=O) groups is 3. The van der Waals surface area contributed by atoms with Crippen molar-refractivity contribution < 1.29 is 18.8 Å². The minimum atomic E-state index is -0.542.